The molecule has 0 spiro atoms. The largest absolute Gasteiger partial charge is 0.320 e. The van der Waals surface area contributed by atoms with Gasteiger partial charge in [-0.15, -0.1) is 0 Å². The lowest BCUT2D eigenvalue weighted by molar-refractivity contribution is 0.612. The number of imidazole rings is 1. The zero-order valence-electron chi connectivity index (χ0n) is 11.5. The molecule has 2 aliphatic rings. The molecule has 20 heavy (non-hydrogen) atoms. The number of hydrogen-bond donors (Lipinski definition) is 0. The summed E-state index contributed by atoms with van der Waals surface area (Å²) >= 11 is 3.58. The standard InChI is InChI=1S/C17H17BrN2/c1-11-3-2-4-12(9-11)15-7-8-17-19-14-6-5-13(18)10-16(14)20(15)17/h2,4-6,9-11,15H,3,7-8H2,1H3/t11?,15-/m1/s1. The summed E-state index contributed by atoms with van der Waals surface area (Å²) in [6.07, 6.45) is 10.5. The smallest absolute Gasteiger partial charge is 0.110 e. The summed E-state index contributed by atoms with van der Waals surface area (Å²) in [6.45, 7) is 2.29. The highest BCUT2D eigenvalue weighted by Gasteiger charge is 2.28. The van der Waals surface area contributed by atoms with Gasteiger partial charge in [-0.3, -0.25) is 0 Å². The molecule has 0 N–H and O–H groups in total. The van der Waals surface area contributed by atoms with Crippen LogP contribution in [0, 0.1) is 5.92 Å². The average Bonchev–Trinajstić information content (AvgIpc) is 2.98. The van der Waals surface area contributed by atoms with Crippen LogP contribution in [-0.2, 0) is 6.42 Å². The zero-order chi connectivity index (χ0) is 13.7. The van der Waals surface area contributed by atoms with E-state index in [0.29, 0.717) is 12.0 Å². The minimum absolute atomic E-state index is 0.461. The molecule has 0 radical (unpaired) electrons. The van der Waals surface area contributed by atoms with E-state index in [-0.39, 0.29) is 0 Å². The molecular formula is C17H17BrN2. The van der Waals surface area contributed by atoms with Gasteiger partial charge in [0.1, 0.15) is 5.82 Å². The third kappa shape index (κ3) is 1.87. The molecule has 3 heteroatoms. The molecule has 0 saturated carbocycles. The van der Waals surface area contributed by atoms with Gasteiger partial charge in [-0.25, -0.2) is 4.98 Å². The first-order valence-corrected chi connectivity index (χ1v) is 8.06. The van der Waals surface area contributed by atoms with Crippen LogP contribution in [0.25, 0.3) is 11.0 Å². The highest BCUT2D eigenvalue weighted by atomic mass is 79.9. The predicted octanol–water partition coefficient (Wildman–Crippen LogP) is 4.81. The fraction of sp³-hybridized carbons (Fsp3) is 0.353. The minimum Gasteiger partial charge on any atom is -0.320 e. The molecule has 1 aromatic carbocycles. The van der Waals surface area contributed by atoms with Crippen molar-refractivity contribution in [1.29, 1.82) is 0 Å². The fourth-order valence-corrected chi connectivity index (χ4v) is 3.79. The van der Waals surface area contributed by atoms with Crippen molar-refractivity contribution >= 4 is 27.0 Å². The molecule has 2 heterocycles. The van der Waals surface area contributed by atoms with Gasteiger partial charge >= 0.3 is 0 Å². The van der Waals surface area contributed by atoms with E-state index in [1.54, 1.807) is 0 Å². The second-order valence-electron chi connectivity index (χ2n) is 5.87. The van der Waals surface area contributed by atoms with Gasteiger partial charge in [-0.2, -0.15) is 0 Å². The Morgan fingerprint density at radius 3 is 3.10 bits per heavy atom. The van der Waals surface area contributed by atoms with E-state index >= 15 is 0 Å². The maximum Gasteiger partial charge on any atom is 0.110 e. The number of benzene rings is 1. The topological polar surface area (TPSA) is 17.8 Å². The summed E-state index contributed by atoms with van der Waals surface area (Å²) in [7, 11) is 0. The zero-order valence-corrected chi connectivity index (χ0v) is 13.1. The molecule has 0 amide bonds. The Balaban J connectivity index is 1.86. The van der Waals surface area contributed by atoms with Crippen LogP contribution < -0.4 is 0 Å². The van der Waals surface area contributed by atoms with Crippen molar-refractivity contribution in [3.63, 3.8) is 0 Å². The minimum atomic E-state index is 0.461. The molecule has 2 nitrogen and oxygen atoms in total. The SMILES string of the molecule is CC1C=C([C@H]2CCc3nc4ccc(Br)cc4n32)C=CC1. The molecule has 0 saturated heterocycles. The Bertz CT molecular complexity index is 739. The van der Waals surface area contributed by atoms with Gasteiger partial charge < -0.3 is 4.57 Å². The number of halogens is 1. The van der Waals surface area contributed by atoms with Crippen molar-refractivity contribution in [2.24, 2.45) is 5.92 Å². The van der Waals surface area contributed by atoms with Gasteiger partial charge in [-0.05, 0) is 42.5 Å². The Morgan fingerprint density at radius 2 is 2.25 bits per heavy atom. The average molecular weight is 329 g/mol. The predicted molar refractivity (Wildman–Crippen MR) is 85.8 cm³/mol. The van der Waals surface area contributed by atoms with E-state index < -0.39 is 0 Å². The Kier molecular flexibility index (Phi) is 2.84. The number of fused-ring (bicyclic) bond motifs is 3. The first kappa shape index (κ1) is 12.4. The van der Waals surface area contributed by atoms with Gasteiger partial charge in [0.05, 0.1) is 17.1 Å². The number of rotatable bonds is 1. The summed E-state index contributed by atoms with van der Waals surface area (Å²) in [4.78, 5) is 4.79. The molecule has 1 aliphatic carbocycles. The van der Waals surface area contributed by atoms with Crippen LogP contribution in [0.15, 0.2) is 46.5 Å². The van der Waals surface area contributed by atoms with Crippen LogP contribution in [0.4, 0.5) is 0 Å². The number of aryl methyl sites for hydroxylation is 1. The number of hydrogen-bond acceptors (Lipinski definition) is 1. The summed E-state index contributed by atoms with van der Waals surface area (Å²) < 4.78 is 3.56. The quantitative estimate of drug-likeness (QED) is 0.734. The van der Waals surface area contributed by atoms with Crippen molar-refractivity contribution in [3.8, 4) is 0 Å². The maximum absolute atomic E-state index is 4.79. The molecule has 0 fully saturated rings. The second kappa shape index (κ2) is 4.59. The molecule has 1 aliphatic heterocycles. The van der Waals surface area contributed by atoms with Gasteiger partial charge in [0.2, 0.25) is 0 Å². The van der Waals surface area contributed by atoms with E-state index in [9.17, 15) is 0 Å². The Hall–Kier alpha value is -1.35. The van der Waals surface area contributed by atoms with E-state index in [0.717, 1.165) is 16.4 Å². The molecule has 1 unspecified atom stereocenters. The van der Waals surface area contributed by atoms with Crippen LogP contribution in [0.1, 0.15) is 31.6 Å². The van der Waals surface area contributed by atoms with E-state index in [4.69, 9.17) is 4.98 Å². The summed E-state index contributed by atoms with van der Waals surface area (Å²) in [5.74, 6) is 1.89. The molecule has 2 aromatic rings. The molecule has 2 atom stereocenters. The van der Waals surface area contributed by atoms with Crippen LogP contribution >= 0.6 is 15.9 Å². The number of nitrogens with zero attached hydrogens (tertiary/aromatic N) is 2. The third-order valence-electron chi connectivity index (χ3n) is 4.36. The van der Waals surface area contributed by atoms with Crippen LogP contribution in [0.2, 0.25) is 0 Å². The van der Waals surface area contributed by atoms with Crippen molar-refractivity contribution in [1.82, 2.24) is 9.55 Å². The van der Waals surface area contributed by atoms with Crippen LogP contribution in [0.5, 0.6) is 0 Å². The molecule has 1 aromatic heterocycles. The van der Waals surface area contributed by atoms with Crippen molar-refractivity contribution in [3.05, 3.63) is 52.3 Å². The fourth-order valence-electron chi connectivity index (χ4n) is 3.44. The van der Waals surface area contributed by atoms with Gasteiger partial charge in [-0.1, -0.05) is 41.1 Å². The monoisotopic (exact) mass is 328 g/mol. The highest BCUT2D eigenvalue weighted by Crippen LogP contribution is 2.38. The van der Waals surface area contributed by atoms with Gasteiger partial charge in [0.25, 0.3) is 0 Å². The lowest BCUT2D eigenvalue weighted by Crippen LogP contribution is -2.09. The number of aromatic nitrogens is 2. The molecule has 4 rings (SSSR count). The van der Waals surface area contributed by atoms with E-state index in [1.807, 2.05) is 0 Å². The second-order valence-corrected chi connectivity index (χ2v) is 6.78. The lowest BCUT2D eigenvalue weighted by Gasteiger charge is -2.20. The van der Waals surface area contributed by atoms with Gasteiger partial charge in [0.15, 0.2) is 0 Å². The van der Waals surface area contributed by atoms with E-state index in [2.05, 4.69) is 63.8 Å². The molecule has 0 bridgehead atoms. The van der Waals surface area contributed by atoms with Gasteiger partial charge in [0, 0.05) is 10.9 Å². The third-order valence-corrected chi connectivity index (χ3v) is 4.85. The Morgan fingerprint density at radius 1 is 1.35 bits per heavy atom. The number of allylic oxidation sites excluding steroid dienone is 4. The Labute approximate surface area is 127 Å². The van der Waals surface area contributed by atoms with Crippen molar-refractivity contribution < 1.29 is 0 Å². The molecular weight excluding hydrogens is 312 g/mol. The highest BCUT2D eigenvalue weighted by molar-refractivity contribution is 9.10. The normalized spacial score (nSPS) is 25.0. The summed E-state index contributed by atoms with van der Waals surface area (Å²) in [6, 6.07) is 6.83. The van der Waals surface area contributed by atoms with E-state index in [1.165, 1.54) is 29.8 Å². The first-order valence-electron chi connectivity index (χ1n) is 7.27. The summed E-state index contributed by atoms with van der Waals surface area (Å²) in [5, 5.41) is 0. The van der Waals surface area contributed by atoms with Crippen molar-refractivity contribution in [2.45, 2.75) is 32.2 Å². The van der Waals surface area contributed by atoms with Crippen molar-refractivity contribution in [2.75, 3.05) is 0 Å². The maximum atomic E-state index is 4.79. The summed E-state index contributed by atoms with van der Waals surface area (Å²) in [5.41, 5.74) is 3.83. The lowest BCUT2D eigenvalue weighted by atomic mass is 9.93. The van der Waals surface area contributed by atoms with Crippen LogP contribution in [-0.4, -0.2) is 9.55 Å². The first-order chi connectivity index (χ1) is 9.72. The van der Waals surface area contributed by atoms with Crippen LogP contribution in [0.3, 0.4) is 0 Å². The molecule has 102 valence electrons.